The molecule has 0 radical (unpaired) electrons. The Hall–Kier alpha value is -2.07. The van der Waals surface area contributed by atoms with Crippen LogP contribution in [0.25, 0.3) is 0 Å². The van der Waals surface area contributed by atoms with E-state index in [0.29, 0.717) is 5.76 Å². The molecule has 4 heteroatoms. The fourth-order valence-corrected chi connectivity index (χ4v) is 2.97. The minimum absolute atomic E-state index is 0.0524. The van der Waals surface area contributed by atoms with Gasteiger partial charge in [-0.15, -0.1) is 0 Å². The zero-order valence-electron chi connectivity index (χ0n) is 13.2. The van der Waals surface area contributed by atoms with Gasteiger partial charge >= 0.3 is 0 Å². The first-order valence-electron chi connectivity index (χ1n) is 7.77. The fourth-order valence-electron chi connectivity index (χ4n) is 2.97. The van der Waals surface area contributed by atoms with Gasteiger partial charge in [0.1, 0.15) is 0 Å². The lowest BCUT2D eigenvalue weighted by molar-refractivity contribution is 0.0937. The number of piperidine rings is 1. The molecule has 1 aromatic carbocycles. The number of benzene rings is 1. The van der Waals surface area contributed by atoms with Crippen LogP contribution in [0.4, 0.5) is 5.69 Å². The van der Waals surface area contributed by atoms with E-state index in [1.54, 1.807) is 18.4 Å². The number of carbonyl (C=O) groups is 1. The van der Waals surface area contributed by atoms with Crippen molar-refractivity contribution in [1.82, 2.24) is 4.90 Å². The average Bonchev–Trinajstić information content (AvgIpc) is 3.05. The standard InChI is InChI=1S/C18H22N2O2/c1-14-5-7-15(8-6-14)20(16-9-11-19(2)12-10-16)18(21)17-4-3-13-22-17/h3-8,13,16H,9-12H2,1-2H3. The third-order valence-electron chi connectivity index (χ3n) is 4.32. The third-order valence-corrected chi connectivity index (χ3v) is 4.32. The molecule has 22 heavy (non-hydrogen) atoms. The molecule has 116 valence electrons. The first-order chi connectivity index (χ1) is 10.6. The van der Waals surface area contributed by atoms with Gasteiger partial charge < -0.3 is 14.2 Å². The molecule has 1 aliphatic rings. The molecule has 0 spiro atoms. The van der Waals surface area contributed by atoms with E-state index in [1.165, 1.54) is 5.56 Å². The second kappa shape index (κ2) is 6.36. The quantitative estimate of drug-likeness (QED) is 0.872. The van der Waals surface area contributed by atoms with Crippen LogP contribution in [0, 0.1) is 6.92 Å². The first-order valence-corrected chi connectivity index (χ1v) is 7.77. The number of anilines is 1. The number of hydrogen-bond acceptors (Lipinski definition) is 3. The van der Waals surface area contributed by atoms with Crippen LogP contribution in [0.15, 0.2) is 47.1 Å². The van der Waals surface area contributed by atoms with E-state index in [9.17, 15) is 4.79 Å². The Morgan fingerprint density at radius 3 is 2.45 bits per heavy atom. The fraction of sp³-hybridized carbons (Fsp3) is 0.389. The van der Waals surface area contributed by atoms with Crippen molar-refractivity contribution < 1.29 is 9.21 Å². The van der Waals surface area contributed by atoms with Gasteiger partial charge in [0.05, 0.1) is 6.26 Å². The Morgan fingerprint density at radius 2 is 1.86 bits per heavy atom. The van der Waals surface area contributed by atoms with Crippen molar-refractivity contribution in [2.24, 2.45) is 0 Å². The highest BCUT2D eigenvalue weighted by Gasteiger charge is 2.30. The van der Waals surface area contributed by atoms with Crippen LogP contribution in [-0.4, -0.2) is 37.0 Å². The molecule has 0 unspecified atom stereocenters. The summed E-state index contributed by atoms with van der Waals surface area (Å²) in [5.74, 6) is 0.350. The first kappa shape index (κ1) is 14.9. The normalized spacial score (nSPS) is 16.6. The molecule has 0 atom stereocenters. The molecule has 0 aliphatic carbocycles. The maximum Gasteiger partial charge on any atom is 0.294 e. The van der Waals surface area contributed by atoms with E-state index in [0.717, 1.165) is 31.6 Å². The highest BCUT2D eigenvalue weighted by molar-refractivity contribution is 6.04. The average molecular weight is 298 g/mol. The van der Waals surface area contributed by atoms with Crippen LogP contribution in [0.5, 0.6) is 0 Å². The highest BCUT2D eigenvalue weighted by Crippen LogP contribution is 2.26. The van der Waals surface area contributed by atoms with Crippen molar-refractivity contribution in [3.63, 3.8) is 0 Å². The second-order valence-electron chi connectivity index (χ2n) is 6.02. The molecule has 1 fully saturated rings. The predicted molar refractivity (Wildman–Crippen MR) is 87.2 cm³/mol. The van der Waals surface area contributed by atoms with E-state index in [2.05, 4.69) is 18.9 Å². The van der Waals surface area contributed by atoms with E-state index >= 15 is 0 Å². The smallest absolute Gasteiger partial charge is 0.294 e. The van der Waals surface area contributed by atoms with Crippen LogP contribution >= 0.6 is 0 Å². The van der Waals surface area contributed by atoms with Gasteiger partial charge in [-0.2, -0.15) is 0 Å². The predicted octanol–water partition coefficient (Wildman–Crippen LogP) is 3.33. The van der Waals surface area contributed by atoms with Gasteiger partial charge in [-0.25, -0.2) is 0 Å². The number of aryl methyl sites for hydroxylation is 1. The van der Waals surface area contributed by atoms with Gasteiger partial charge in [-0.05, 0) is 64.2 Å². The summed E-state index contributed by atoms with van der Waals surface area (Å²) in [6, 6.07) is 11.9. The number of carbonyl (C=O) groups excluding carboxylic acids is 1. The highest BCUT2D eigenvalue weighted by atomic mass is 16.3. The summed E-state index contributed by atoms with van der Waals surface area (Å²) in [6.45, 7) is 4.08. The number of rotatable bonds is 3. The molecular formula is C18H22N2O2. The van der Waals surface area contributed by atoms with Crippen LogP contribution in [-0.2, 0) is 0 Å². The molecule has 1 saturated heterocycles. The summed E-state index contributed by atoms with van der Waals surface area (Å²) in [6.07, 6.45) is 3.52. The SMILES string of the molecule is Cc1ccc(N(C(=O)c2ccco2)C2CCN(C)CC2)cc1. The van der Waals surface area contributed by atoms with Crippen molar-refractivity contribution in [3.05, 3.63) is 54.0 Å². The molecule has 1 aliphatic heterocycles. The summed E-state index contributed by atoms with van der Waals surface area (Å²) < 4.78 is 5.33. The third kappa shape index (κ3) is 3.07. The van der Waals surface area contributed by atoms with E-state index in [-0.39, 0.29) is 11.9 Å². The maximum absolute atomic E-state index is 12.9. The number of amides is 1. The number of nitrogens with zero attached hydrogens (tertiary/aromatic N) is 2. The van der Waals surface area contributed by atoms with Crippen molar-refractivity contribution in [1.29, 1.82) is 0 Å². The maximum atomic E-state index is 12.9. The van der Waals surface area contributed by atoms with Crippen molar-refractivity contribution in [3.8, 4) is 0 Å². The van der Waals surface area contributed by atoms with Gasteiger partial charge in [0.15, 0.2) is 5.76 Å². The lowest BCUT2D eigenvalue weighted by atomic mass is 10.0. The lowest BCUT2D eigenvalue weighted by Crippen LogP contribution is -2.46. The lowest BCUT2D eigenvalue weighted by Gasteiger charge is -2.37. The molecule has 1 amide bonds. The molecule has 0 bridgehead atoms. The van der Waals surface area contributed by atoms with Crippen LogP contribution in [0.2, 0.25) is 0 Å². The van der Waals surface area contributed by atoms with E-state index < -0.39 is 0 Å². The largest absolute Gasteiger partial charge is 0.459 e. The minimum atomic E-state index is -0.0524. The monoisotopic (exact) mass is 298 g/mol. The van der Waals surface area contributed by atoms with Gasteiger partial charge in [0.2, 0.25) is 0 Å². The second-order valence-corrected chi connectivity index (χ2v) is 6.02. The summed E-state index contributed by atoms with van der Waals surface area (Å²) in [4.78, 5) is 17.1. The van der Waals surface area contributed by atoms with Gasteiger partial charge in [-0.1, -0.05) is 17.7 Å². The molecule has 0 N–H and O–H groups in total. The number of likely N-dealkylation sites (tertiary alicyclic amines) is 1. The molecule has 0 saturated carbocycles. The van der Waals surface area contributed by atoms with Crippen LogP contribution < -0.4 is 4.90 Å². The van der Waals surface area contributed by atoms with Crippen molar-refractivity contribution in [2.75, 3.05) is 25.0 Å². The zero-order valence-corrected chi connectivity index (χ0v) is 13.2. The van der Waals surface area contributed by atoms with Gasteiger partial charge in [-0.3, -0.25) is 4.79 Å². The van der Waals surface area contributed by atoms with Crippen molar-refractivity contribution in [2.45, 2.75) is 25.8 Å². The Balaban J connectivity index is 1.91. The van der Waals surface area contributed by atoms with E-state index in [1.807, 2.05) is 29.2 Å². The molecule has 1 aromatic heterocycles. The molecule has 2 aromatic rings. The van der Waals surface area contributed by atoms with Crippen molar-refractivity contribution >= 4 is 11.6 Å². The van der Waals surface area contributed by atoms with Crippen LogP contribution in [0.3, 0.4) is 0 Å². The Morgan fingerprint density at radius 1 is 1.18 bits per heavy atom. The molecule has 4 nitrogen and oxygen atoms in total. The minimum Gasteiger partial charge on any atom is -0.459 e. The molecular weight excluding hydrogens is 276 g/mol. The number of hydrogen-bond donors (Lipinski definition) is 0. The summed E-state index contributed by atoms with van der Waals surface area (Å²) in [7, 11) is 2.13. The van der Waals surface area contributed by atoms with E-state index in [4.69, 9.17) is 4.42 Å². The Bertz CT molecular complexity index is 611. The summed E-state index contributed by atoms with van der Waals surface area (Å²) >= 11 is 0. The molecule has 2 heterocycles. The Kier molecular flexibility index (Phi) is 4.29. The number of furan rings is 1. The topological polar surface area (TPSA) is 36.7 Å². The molecule has 3 rings (SSSR count). The summed E-state index contributed by atoms with van der Waals surface area (Å²) in [5, 5.41) is 0. The van der Waals surface area contributed by atoms with Gasteiger partial charge in [0, 0.05) is 11.7 Å². The van der Waals surface area contributed by atoms with Crippen LogP contribution in [0.1, 0.15) is 29.0 Å². The Labute approximate surface area is 131 Å². The zero-order chi connectivity index (χ0) is 15.5. The van der Waals surface area contributed by atoms with Gasteiger partial charge in [0.25, 0.3) is 5.91 Å². The summed E-state index contributed by atoms with van der Waals surface area (Å²) in [5.41, 5.74) is 2.14.